The van der Waals surface area contributed by atoms with Crippen LogP contribution >= 0.6 is 0 Å². The van der Waals surface area contributed by atoms with Crippen LogP contribution in [0.4, 0.5) is 0 Å². The van der Waals surface area contributed by atoms with Gasteiger partial charge in [-0.25, -0.2) is 8.42 Å². The highest BCUT2D eigenvalue weighted by molar-refractivity contribution is 7.89. The second-order valence-corrected chi connectivity index (χ2v) is 9.79. The molecule has 2 N–H and O–H groups in total. The van der Waals surface area contributed by atoms with Crippen molar-refractivity contribution in [2.75, 3.05) is 26.2 Å². The Morgan fingerprint density at radius 2 is 1.88 bits per heavy atom. The number of nitrogens with zero attached hydrogens (tertiary/aromatic N) is 1. The van der Waals surface area contributed by atoms with Gasteiger partial charge in [0.1, 0.15) is 0 Å². The molecule has 4 rings (SSSR count). The normalized spacial score (nSPS) is 22.8. The molecule has 26 heavy (non-hydrogen) atoms. The second-order valence-electron chi connectivity index (χ2n) is 7.85. The van der Waals surface area contributed by atoms with Crippen molar-refractivity contribution in [1.82, 2.24) is 9.62 Å². The van der Waals surface area contributed by atoms with E-state index in [1.807, 2.05) is 19.1 Å². The van der Waals surface area contributed by atoms with E-state index in [1.54, 1.807) is 10.4 Å². The Bertz CT molecular complexity index is 796. The average Bonchev–Trinajstić information content (AvgIpc) is 3.33. The lowest BCUT2D eigenvalue weighted by molar-refractivity contribution is -0.917. The van der Waals surface area contributed by atoms with Crippen LogP contribution in [0.2, 0.25) is 0 Å². The minimum absolute atomic E-state index is 0.0948. The average molecular weight is 379 g/mol. The van der Waals surface area contributed by atoms with Crippen LogP contribution < -0.4 is 10.2 Å². The van der Waals surface area contributed by atoms with Gasteiger partial charge < -0.3 is 10.2 Å². The predicted octanol–water partition coefficient (Wildman–Crippen LogP) is -0.268. The molecule has 2 aliphatic carbocycles. The summed E-state index contributed by atoms with van der Waals surface area (Å²) in [6.45, 7) is 4.22. The third kappa shape index (κ3) is 3.52. The van der Waals surface area contributed by atoms with Crippen molar-refractivity contribution in [3.63, 3.8) is 0 Å². The number of sulfonamides is 1. The number of piperazine rings is 1. The lowest BCUT2D eigenvalue weighted by Gasteiger charge is -2.34. The molecule has 0 unspecified atom stereocenters. The van der Waals surface area contributed by atoms with E-state index in [2.05, 4.69) is 5.32 Å². The summed E-state index contributed by atoms with van der Waals surface area (Å²) in [5.74, 6) is 0.0948. The molecule has 1 atom stereocenters. The largest absolute Gasteiger partial charge is 0.348 e. The number of rotatable bonds is 5. The third-order valence-corrected chi connectivity index (χ3v) is 7.90. The van der Waals surface area contributed by atoms with E-state index in [0.29, 0.717) is 37.1 Å². The Morgan fingerprint density at radius 3 is 2.58 bits per heavy atom. The maximum absolute atomic E-state index is 13.0. The molecular formula is C19H28N3O3S+. The van der Waals surface area contributed by atoms with Crippen molar-refractivity contribution in [1.29, 1.82) is 0 Å². The van der Waals surface area contributed by atoms with E-state index < -0.39 is 10.0 Å². The van der Waals surface area contributed by atoms with Gasteiger partial charge in [-0.1, -0.05) is 6.07 Å². The van der Waals surface area contributed by atoms with Gasteiger partial charge in [-0.15, -0.1) is 0 Å². The number of amides is 1. The molecule has 3 aliphatic rings. The van der Waals surface area contributed by atoms with Gasteiger partial charge in [0.2, 0.25) is 10.0 Å². The monoisotopic (exact) mass is 378 g/mol. The molecule has 6 nitrogen and oxygen atoms in total. The number of nitrogens with one attached hydrogen (secondary N) is 2. The summed E-state index contributed by atoms with van der Waals surface area (Å²) in [5.41, 5.74) is 2.47. The number of carbonyl (C=O) groups excluding carboxylic acids is 1. The lowest BCUT2D eigenvalue weighted by atomic mass is 10.1. The molecule has 1 saturated carbocycles. The van der Waals surface area contributed by atoms with Crippen LogP contribution in [0.3, 0.4) is 0 Å². The van der Waals surface area contributed by atoms with Gasteiger partial charge >= 0.3 is 0 Å². The van der Waals surface area contributed by atoms with Gasteiger partial charge in [-0.05, 0) is 62.3 Å². The van der Waals surface area contributed by atoms with E-state index in [4.69, 9.17) is 0 Å². The zero-order valence-electron chi connectivity index (χ0n) is 15.3. The fourth-order valence-corrected chi connectivity index (χ4v) is 5.54. The quantitative estimate of drug-likeness (QED) is 0.741. The summed E-state index contributed by atoms with van der Waals surface area (Å²) in [7, 11) is -3.44. The van der Waals surface area contributed by atoms with Crippen molar-refractivity contribution in [2.45, 2.75) is 56.0 Å². The summed E-state index contributed by atoms with van der Waals surface area (Å²) in [4.78, 5) is 13.8. The standard InChI is InChI=1S/C19H27N3O3S/c1-14(19(23)20-17-6-7-17)21-9-11-22(12-10-21)26(24,25)18-8-5-15-3-2-4-16(15)13-18/h5,8,13-14,17H,2-4,6-7,9-12H2,1H3,(H,20,23)/p+1/t14-/m0/s1. The number of aryl methyl sites for hydroxylation is 2. The number of benzene rings is 1. The molecule has 1 amide bonds. The van der Waals surface area contributed by atoms with Gasteiger partial charge in [0.15, 0.2) is 6.04 Å². The smallest absolute Gasteiger partial charge is 0.278 e. The van der Waals surface area contributed by atoms with E-state index in [1.165, 1.54) is 16.0 Å². The van der Waals surface area contributed by atoms with Crippen molar-refractivity contribution >= 4 is 15.9 Å². The van der Waals surface area contributed by atoms with Crippen LogP contribution in [0.1, 0.15) is 37.3 Å². The molecule has 142 valence electrons. The zero-order valence-corrected chi connectivity index (χ0v) is 16.1. The first-order valence-electron chi connectivity index (χ1n) is 9.72. The maximum atomic E-state index is 13.0. The van der Waals surface area contributed by atoms with Gasteiger partial charge in [0.05, 0.1) is 31.1 Å². The fraction of sp³-hybridized carbons (Fsp3) is 0.632. The van der Waals surface area contributed by atoms with Crippen molar-refractivity contribution in [3.05, 3.63) is 29.3 Å². The fourth-order valence-electron chi connectivity index (χ4n) is 4.04. The minimum Gasteiger partial charge on any atom is -0.348 e. The van der Waals surface area contributed by atoms with Crippen LogP contribution in [0, 0.1) is 0 Å². The highest BCUT2D eigenvalue weighted by Gasteiger charge is 2.36. The Balaban J connectivity index is 1.39. The Hall–Kier alpha value is -1.44. The van der Waals surface area contributed by atoms with E-state index >= 15 is 0 Å². The van der Waals surface area contributed by atoms with E-state index in [9.17, 15) is 13.2 Å². The van der Waals surface area contributed by atoms with Crippen LogP contribution in [0.15, 0.2) is 23.1 Å². The van der Waals surface area contributed by atoms with Gasteiger partial charge in [0, 0.05) is 6.04 Å². The molecule has 0 bridgehead atoms. The summed E-state index contributed by atoms with van der Waals surface area (Å²) in [5, 5.41) is 3.05. The van der Waals surface area contributed by atoms with Crippen LogP contribution in [0.25, 0.3) is 0 Å². The first-order chi connectivity index (χ1) is 12.4. The van der Waals surface area contributed by atoms with Crippen LogP contribution in [0.5, 0.6) is 0 Å². The number of hydrogen-bond donors (Lipinski definition) is 2. The first-order valence-corrected chi connectivity index (χ1v) is 11.2. The Morgan fingerprint density at radius 1 is 1.19 bits per heavy atom. The molecule has 1 aromatic carbocycles. The molecule has 2 fully saturated rings. The topological polar surface area (TPSA) is 70.9 Å². The van der Waals surface area contributed by atoms with Gasteiger partial charge in [-0.3, -0.25) is 4.79 Å². The van der Waals surface area contributed by atoms with Crippen LogP contribution in [-0.2, 0) is 27.7 Å². The SMILES string of the molecule is C[C@@H](C(=O)NC1CC1)[NH+]1CCN(S(=O)(=O)c2ccc3c(c2)CCC3)CC1. The molecule has 1 aromatic rings. The Kier molecular flexibility index (Phi) is 4.79. The summed E-state index contributed by atoms with van der Waals surface area (Å²) >= 11 is 0. The van der Waals surface area contributed by atoms with Crippen molar-refractivity contribution in [3.8, 4) is 0 Å². The van der Waals surface area contributed by atoms with E-state index in [0.717, 1.165) is 32.1 Å². The molecule has 1 saturated heterocycles. The first kappa shape index (κ1) is 17.9. The predicted molar refractivity (Wildman–Crippen MR) is 98.5 cm³/mol. The third-order valence-electron chi connectivity index (χ3n) is 6.00. The minimum atomic E-state index is -3.44. The molecule has 1 heterocycles. The molecular weight excluding hydrogens is 350 g/mol. The molecule has 0 spiro atoms. The Labute approximate surface area is 155 Å². The van der Waals surface area contributed by atoms with Gasteiger partial charge in [0.25, 0.3) is 5.91 Å². The van der Waals surface area contributed by atoms with Crippen molar-refractivity contribution < 1.29 is 18.1 Å². The zero-order chi connectivity index (χ0) is 18.3. The molecule has 7 heteroatoms. The lowest BCUT2D eigenvalue weighted by Crippen LogP contribution is -3.19. The molecule has 1 aliphatic heterocycles. The van der Waals surface area contributed by atoms with Crippen molar-refractivity contribution in [2.24, 2.45) is 0 Å². The number of carbonyl (C=O) groups is 1. The summed E-state index contributed by atoms with van der Waals surface area (Å²) in [6.07, 6.45) is 5.31. The van der Waals surface area contributed by atoms with E-state index in [-0.39, 0.29) is 11.9 Å². The summed E-state index contributed by atoms with van der Waals surface area (Å²) in [6, 6.07) is 5.83. The summed E-state index contributed by atoms with van der Waals surface area (Å²) < 4.78 is 27.6. The molecule has 0 radical (unpaired) electrons. The van der Waals surface area contributed by atoms with Gasteiger partial charge in [-0.2, -0.15) is 4.31 Å². The number of quaternary nitrogens is 1. The molecule has 0 aromatic heterocycles. The maximum Gasteiger partial charge on any atom is 0.278 e. The van der Waals surface area contributed by atoms with Crippen LogP contribution in [-0.4, -0.2) is 56.9 Å². The number of hydrogen-bond acceptors (Lipinski definition) is 3. The number of fused-ring (bicyclic) bond motifs is 1. The highest BCUT2D eigenvalue weighted by atomic mass is 32.2. The highest BCUT2D eigenvalue weighted by Crippen LogP contribution is 2.26. The second kappa shape index (κ2) is 6.94.